The standard InChI is InChI=1S/C16H22N4O/c1-19(2)16-9-14-12(8-15(16)17-11-21)10-20(18-14)13-6-4-3-5-7-13/h8-11,13H,3-7H2,1-2H3,(H,17,21). The lowest BCUT2D eigenvalue weighted by atomic mass is 9.96. The zero-order chi connectivity index (χ0) is 14.8. The van der Waals surface area contributed by atoms with Crippen LogP contribution in [0.2, 0.25) is 0 Å². The first-order chi connectivity index (χ1) is 10.2. The molecule has 5 heteroatoms. The van der Waals surface area contributed by atoms with Crippen LogP contribution in [0.15, 0.2) is 18.3 Å². The highest BCUT2D eigenvalue weighted by atomic mass is 16.1. The highest BCUT2D eigenvalue weighted by Gasteiger charge is 2.17. The summed E-state index contributed by atoms with van der Waals surface area (Å²) >= 11 is 0. The molecule has 3 rings (SSSR count). The van der Waals surface area contributed by atoms with Gasteiger partial charge in [0.25, 0.3) is 0 Å². The van der Waals surface area contributed by atoms with Gasteiger partial charge in [-0.05, 0) is 25.0 Å². The molecule has 0 spiro atoms. The molecule has 0 aliphatic heterocycles. The molecule has 1 aromatic heterocycles. The third-order valence-corrected chi connectivity index (χ3v) is 4.28. The predicted molar refractivity (Wildman–Crippen MR) is 85.9 cm³/mol. The molecule has 0 bridgehead atoms. The van der Waals surface area contributed by atoms with Crippen molar-refractivity contribution in [2.24, 2.45) is 0 Å². The summed E-state index contributed by atoms with van der Waals surface area (Å²) in [6.45, 7) is 0. The van der Waals surface area contributed by atoms with Gasteiger partial charge in [-0.15, -0.1) is 0 Å². The highest BCUT2D eigenvalue weighted by Crippen LogP contribution is 2.32. The molecule has 1 saturated carbocycles. The van der Waals surface area contributed by atoms with Gasteiger partial charge in [0.05, 0.1) is 22.9 Å². The fourth-order valence-corrected chi connectivity index (χ4v) is 3.16. The van der Waals surface area contributed by atoms with Crippen LogP contribution < -0.4 is 10.2 Å². The van der Waals surface area contributed by atoms with E-state index in [1.165, 1.54) is 32.1 Å². The number of anilines is 2. The van der Waals surface area contributed by atoms with Crippen molar-refractivity contribution in [2.75, 3.05) is 24.3 Å². The third-order valence-electron chi connectivity index (χ3n) is 4.28. The molecule has 0 unspecified atom stereocenters. The molecule has 1 aliphatic carbocycles. The van der Waals surface area contributed by atoms with E-state index >= 15 is 0 Å². The second kappa shape index (κ2) is 5.76. The largest absolute Gasteiger partial charge is 0.376 e. The van der Waals surface area contributed by atoms with E-state index in [4.69, 9.17) is 5.10 Å². The van der Waals surface area contributed by atoms with Gasteiger partial charge in [-0.1, -0.05) is 19.3 Å². The van der Waals surface area contributed by atoms with Crippen LogP contribution in [0.3, 0.4) is 0 Å². The van der Waals surface area contributed by atoms with Crippen molar-refractivity contribution in [3.05, 3.63) is 18.3 Å². The van der Waals surface area contributed by atoms with Crippen LogP contribution in [0.4, 0.5) is 11.4 Å². The van der Waals surface area contributed by atoms with Gasteiger partial charge in [0.15, 0.2) is 0 Å². The maximum Gasteiger partial charge on any atom is 0.211 e. The third kappa shape index (κ3) is 2.73. The van der Waals surface area contributed by atoms with Crippen molar-refractivity contribution in [1.82, 2.24) is 9.78 Å². The molecule has 1 amide bonds. The molecule has 5 nitrogen and oxygen atoms in total. The maximum atomic E-state index is 10.8. The van der Waals surface area contributed by atoms with E-state index in [2.05, 4.69) is 16.2 Å². The van der Waals surface area contributed by atoms with Gasteiger partial charge in [-0.3, -0.25) is 9.48 Å². The van der Waals surface area contributed by atoms with Gasteiger partial charge >= 0.3 is 0 Å². The Morgan fingerprint density at radius 2 is 2.05 bits per heavy atom. The minimum atomic E-state index is 0.524. The Morgan fingerprint density at radius 3 is 2.71 bits per heavy atom. The van der Waals surface area contributed by atoms with Gasteiger partial charge in [-0.2, -0.15) is 5.10 Å². The second-order valence-electron chi connectivity index (χ2n) is 5.99. The SMILES string of the molecule is CN(C)c1cc2nn(C3CCCCC3)cc2cc1NC=O. The number of carbonyl (C=O) groups excluding carboxylic acids is 1. The van der Waals surface area contributed by atoms with E-state index in [1.807, 2.05) is 31.1 Å². The molecule has 1 heterocycles. The lowest BCUT2D eigenvalue weighted by Crippen LogP contribution is -2.13. The van der Waals surface area contributed by atoms with Crippen molar-refractivity contribution in [3.63, 3.8) is 0 Å². The summed E-state index contributed by atoms with van der Waals surface area (Å²) in [7, 11) is 3.94. The Kier molecular flexibility index (Phi) is 3.82. The van der Waals surface area contributed by atoms with Gasteiger partial charge < -0.3 is 10.2 Å². The second-order valence-corrected chi connectivity index (χ2v) is 5.99. The minimum absolute atomic E-state index is 0.524. The number of carbonyl (C=O) groups is 1. The molecular weight excluding hydrogens is 264 g/mol. The quantitative estimate of drug-likeness (QED) is 0.878. The molecule has 1 aromatic carbocycles. The molecule has 0 saturated heterocycles. The summed E-state index contributed by atoms with van der Waals surface area (Å²) in [4.78, 5) is 12.8. The summed E-state index contributed by atoms with van der Waals surface area (Å²) in [5, 5.41) is 8.61. The van der Waals surface area contributed by atoms with Crippen molar-refractivity contribution in [2.45, 2.75) is 38.1 Å². The molecule has 1 fully saturated rings. The normalized spacial score (nSPS) is 16.1. The Hall–Kier alpha value is -2.04. The number of aromatic nitrogens is 2. The number of fused-ring (bicyclic) bond motifs is 1. The first kappa shape index (κ1) is 13.9. The van der Waals surface area contributed by atoms with Crippen LogP contribution in [0, 0.1) is 0 Å². The van der Waals surface area contributed by atoms with E-state index in [9.17, 15) is 4.79 Å². The lowest BCUT2D eigenvalue weighted by molar-refractivity contribution is -0.105. The minimum Gasteiger partial charge on any atom is -0.376 e. The van der Waals surface area contributed by atoms with Crippen LogP contribution in [0.5, 0.6) is 0 Å². The fraction of sp³-hybridized carbons (Fsp3) is 0.500. The highest BCUT2D eigenvalue weighted by molar-refractivity contribution is 5.93. The topological polar surface area (TPSA) is 50.2 Å². The fourth-order valence-electron chi connectivity index (χ4n) is 3.16. The Labute approximate surface area is 124 Å². The number of benzene rings is 1. The molecule has 1 N–H and O–H groups in total. The van der Waals surface area contributed by atoms with Crippen molar-refractivity contribution in [1.29, 1.82) is 0 Å². The molecule has 1 aliphatic rings. The van der Waals surface area contributed by atoms with Crippen LogP contribution in [-0.4, -0.2) is 30.3 Å². The molecule has 0 atom stereocenters. The number of hydrogen-bond acceptors (Lipinski definition) is 3. The number of amides is 1. The van der Waals surface area contributed by atoms with E-state index in [-0.39, 0.29) is 0 Å². The predicted octanol–water partition coefficient (Wildman–Crippen LogP) is 3.18. The Bertz CT molecular complexity index is 641. The Morgan fingerprint density at radius 1 is 1.29 bits per heavy atom. The molecule has 2 aromatic rings. The number of hydrogen-bond donors (Lipinski definition) is 1. The summed E-state index contributed by atoms with van der Waals surface area (Å²) in [6.07, 6.45) is 9.20. The summed E-state index contributed by atoms with van der Waals surface area (Å²) in [6, 6.07) is 4.57. The first-order valence-corrected chi connectivity index (χ1v) is 7.59. The average Bonchev–Trinajstić information content (AvgIpc) is 2.90. The monoisotopic (exact) mass is 286 g/mol. The van der Waals surface area contributed by atoms with E-state index in [1.54, 1.807) is 0 Å². The summed E-state index contributed by atoms with van der Waals surface area (Å²) in [5.74, 6) is 0. The van der Waals surface area contributed by atoms with Gasteiger partial charge in [0, 0.05) is 25.7 Å². The van der Waals surface area contributed by atoms with Crippen LogP contribution >= 0.6 is 0 Å². The molecule has 21 heavy (non-hydrogen) atoms. The molecule has 112 valence electrons. The number of rotatable bonds is 4. The maximum absolute atomic E-state index is 10.8. The summed E-state index contributed by atoms with van der Waals surface area (Å²) < 4.78 is 2.12. The lowest BCUT2D eigenvalue weighted by Gasteiger charge is -2.21. The Balaban J connectivity index is 2.01. The zero-order valence-corrected chi connectivity index (χ0v) is 12.7. The van der Waals surface area contributed by atoms with Crippen LogP contribution in [0.25, 0.3) is 10.9 Å². The van der Waals surface area contributed by atoms with Crippen molar-refractivity contribution >= 4 is 28.7 Å². The first-order valence-electron chi connectivity index (χ1n) is 7.59. The van der Waals surface area contributed by atoms with Crippen LogP contribution in [0.1, 0.15) is 38.1 Å². The number of nitrogens with zero attached hydrogens (tertiary/aromatic N) is 3. The average molecular weight is 286 g/mol. The van der Waals surface area contributed by atoms with Crippen LogP contribution in [-0.2, 0) is 4.79 Å². The number of nitrogens with one attached hydrogen (secondary N) is 1. The van der Waals surface area contributed by atoms with Gasteiger partial charge in [0.1, 0.15) is 0 Å². The smallest absolute Gasteiger partial charge is 0.211 e. The van der Waals surface area contributed by atoms with E-state index < -0.39 is 0 Å². The van der Waals surface area contributed by atoms with Crippen molar-refractivity contribution in [3.8, 4) is 0 Å². The molecular formula is C16H22N4O. The van der Waals surface area contributed by atoms with Gasteiger partial charge in [0.2, 0.25) is 6.41 Å². The zero-order valence-electron chi connectivity index (χ0n) is 12.7. The van der Waals surface area contributed by atoms with E-state index in [0.717, 1.165) is 28.7 Å². The van der Waals surface area contributed by atoms with Crippen molar-refractivity contribution < 1.29 is 4.79 Å². The van der Waals surface area contributed by atoms with Gasteiger partial charge in [-0.25, -0.2) is 0 Å². The van der Waals surface area contributed by atoms with E-state index in [0.29, 0.717) is 6.04 Å². The summed E-state index contributed by atoms with van der Waals surface area (Å²) in [5.41, 5.74) is 2.79. The molecule has 0 radical (unpaired) electrons.